The predicted octanol–water partition coefficient (Wildman–Crippen LogP) is -2.18. The molecule has 0 bridgehead atoms. The Labute approximate surface area is 149 Å². The number of rotatable bonds is 6. The molecule has 2 aliphatic heterocycles. The Kier molecular flexibility index (Phi) is 6.42. The van der Waals surface area contributed by atoms with Gasteiger partial charge in [0.15, 0.2) is 0 Å². The van der Waals surface area contributed by atoms with E-state index < -0.39 is 0 Å². The molecule has 2 fully saturated rings. The number of piperazine rings is 1. The standard InChI is InChI=1S/C19H28N4O2/c24-18(16-20-19(25)17-6-2-1-3-7-17)23-14-12-22(13-15-23)11-10-21-8-4-5-9-21/h1-3,6-7H,4-5,8-16H2,(H,20,25)/p+2. The Morgan fingerprint density at radius 1 is 0.920 bits per heavy atom. The lowest BCUT2D eigenvalue weighted by Gasteiger charge is -2.32. The van der Waals surface area contributed by atoms with Crippen LogP contribution in [-0.4, -0.2) is 75.6 Å². The Hall–Kier alpha value is -1.92. The number of amides is 2. The van der Waals surface area contributed by atoms with Crippen molar-refractivity contribution < 1.29 is 19.4 Å². The zero-order valence-corrected chi connectivity index (χ0v) is 14.9. The van der Waals surface area contributed by atoms with Crippen LogP contribution in [0.4, 0.5) is 0 Å². The molecule has 1 aromatic rings. The van der Waals surface area contributed by atoms with Crippen LogP contribution in [0.5, 0.6) is 0 Å². The molecule has 3 rings (SSSR count). The molecular weight excluding hydrogens is 316 g/mol. The predicted molar refractivity (Wildman–Crippen MR) is 95.7 cm³/mol. The molecule has 2 amide bonds. The first-order valence-electron chi connectivity index (χ1n) is 9.50. The Morgan fingerprint density at radius 3 is 2.16 bits per heavy atom. The van der Waals surface area contributed by atoms with Crippen LogP contribution in [-0.2, 0) is 4.79 Å². The summed E-state index contributed by atoms with van der Waals surface area (Å²) in [5.41, 5.74) is 0.592. The van der Waals surface area contributed by atoms with Crippen LogP contribution >= 0.6 is 0 Å². The van der Waals surface area contributed by atoms with E-state index in [2.05, 4.69) is 5.32 Å². The van der Waals surface area contributed by atoms with Crippen molar-refractivity contribution in [2.75, 3.05) is 58.9 Å². The summed E-state index contributed by atoms with van der Waals surface area (Å²) in [4.78, 5) is 29.6. The lowest BCUT2D eigenvalue weighted by atomic mass is 10.2. The number of quaternary nitrogens is 2. The maximum atomic E-state index is 12.3. The highest BCUT2D eigenvalue weighted by atomic mass is 16.2. The summed E-state index contributed by atoms with van der Waals surface area (Å²) in [5, 5.41) is 2.73. The molecule has 1 aromatic carbocycles. The summed E-state index contributed by atoms with van der Waals surface area (Å²) in [6, 6.07) is 9.02. The average molecular weight is 346 g/mol. The number of carbonyl (C=O) groups is 2. The molecule has 136 valence electrons. The number of nitrogens with one attached hydrogen (secondary N) is 3. The third-order valence-corrected chi connectivity index (χ3v) is 5.40. The molecule has 6 heteroatoms. The molecule has 2 aliphatic rings. The highest BCUT2D eigenvalue weighted by Gasteiger charge is 2.25. The molecule has 0 atom stereocenters. The van der Waals surface area contributed by atoms with E-state index >= 15 is 0 Å². The summed E-state index contributed by atoms with van der Waals surface area (Å²) in [5.74, 6) is -0.166. The van der Waals surface area contributed by atoms with Crippen LogP contribution < -0.4 is 15.1 Å². The van der Waals surface area contributed by atoms with Crippen molar-refractivity contribution in [1.29, 1.82) is 0 Å². The minimum Gasteiger partial charge on any atom is -0.343 e. The average Bonchev–Trinajstić information content (AvgIpc) is 3.19. The first-order chi connectivity index (χ1) is 12.2. The zero-order valence-electron chi connectivity index (χ0n) is 14.9. The van der Waals surface area contributed by atoms with Crippen molar-refractivity contribution in [1.82, 2.24) is 10.2 Å². The lowest BCUT2D eigenvalue weighted by molar-refractivity contribution is -0.954. The van der Waals surface area contributed by atoms with Gasteiger partial charge >= 0.3 is 0 Å². The summed E-state index contributed by atoms with van der Waals surface area (Å²) < 4.78 is 0. The Balaban J connectivity index is 1.34. The van der Waals surface area contributed by atoms with Gasteiger partial charge in [0.25, 0.3) is 5.91 Å². The van der Waals surface area contributed by atoms with Crippen molar-refractivity contribution in [2.24, 2.45) is 0 Å². The number of likely N-dealkylation sites (tertiary alicyclic amines) is 1. The van der Waals surface area contributed by atoms with E-state index in [1.165, 1.54) is 39.0 Å². The molecule has 0 radical (unpaired) electrons. The molecule has 6 nitrogen and oxygen atoms in total. The van der Waals surface area contributed by atoms with Crippen LogP contribution in [0.25, 0.3) is 0 Å². The maximum absolute atomic E-state index is 12.3. The fourth-order valence-corrected chi connectivity index (χ4v) is 3.76. The van der Waals surface area contributed by atoms with Crippen LogP contribution in [0.2, 0.25) is 0 Å². The highest BCUT2D eigenvalue weighted by Crippen LogP contribution is 1.98. The molecule has 2 saturated heterocycles. The highest BCUT2D eigenvalue weighted by molar-refractivity contribution is 5.96. The molecule has 0 spiro atoms. The number of hydrogen-bond acceptors (Lipinski definition) is 2. The first kappa shape index (κ1) is 17.9. The van der Waals surface area contributed by atoms with E-state index in [0.717, 1.165) is 26.2 Å². The van der Waals surface area contributed by atoms with Crippen LogP contribution in [0.1, 0.15) is 23.2 Å². The second-order valence-electron chi connectivity index (χ2n) is 7.14. The van der Waals surface area contributed by atoms with Gasteiger partial charge in [0.1, 0.15) is 13.1 Å². The van der Waals surface area contributed by atoms with E-state index in [-0.39, 0.29) is 18.4 Å². The van der Waals surface area contributed by atoms with Gasteiger partial charge in [0, 0.05) is 18.4 Å². The zero-order chi connectivity index (χ0) is 17.5. The van der Waals surface area contributed by atoms with Crippen molar-refractivity contribution in [3.63, 3.8) is 0 Å². The van der Waals surface area contributed by atoms with E-state index in [4.69, 9.17) is 0 Å². The number of nitrogens with zero attached hydrogens (tertiary/aromatic N) is 1. The second-order valence-corrected chi connectivity index (χ2v) is 7.14. The minimum atomic E-state index is -0.188. The van der Waals surface area contributed by atoms with Gasteiger partial charge in [-0.3, -0.25) is 9.59 Å². The third kappa shape index (κ3) is 5.28. The fourth-order valence-electron chi connectivity index (χ4n) is 3.76. The number of carbonyl (C=O) groups excluding carboxylic acids is 2. The van der Waals surface area contributed by atoms with Crippen LogP contribution in [0.3, 0.4) is 0 Å². The SMILES string of the molecule is O=C(NCC(=O)N1CC[NH+](CC[NH+]2CCCC2)CC1)c1ccccc1. The van der Waals surface area contributed by atoms with Gasteiger partial charge in [-0.1, -0.05) is 18.2 Å². The van der Waals surface area contributed by atoms with Crippen molar-refractivity contribution in [3.8, 4) is 0 Å². The molecule has 3 N–H and O–H groups in total. The van der Waals surface area contributed by atoms with Crippen molar-refractivity contribution in [3.05, 3.63) is 35.9 Å². The molecule has 2 heterocycles. The minimum absolute atomic E-state index is 0.0218. The van der Waals surface area contributed by atoms with Gasteiger partial charge in [-0.2, -0.15) is 0 Å². The largest absolute Gasteiger partial charge is 0.343 e. The van der Waals surface area contributed by atoms with Gasteiger partial charge < -0.3 is 20.0 Å². The van der Waals surface area contributed by atoms with Gasteiger partial charge in [0.2, 0.25) is 5.91 Å². The summed E-state index contributed by atoms with van der Waals surface area (Å²) >= 11 is 0. The molecule has 0 unspecified atom stereocenters. The first-order valence-corrected chi connectivity index (χ1v) is 9.50. The summed E-state index contributed by atoms with van der Waals surface area (Å²) in [6.45, 7) is 8.85. The van der Waals surface area contributed by atoms with Gasteiger partial charge in [-0.15, -0.1) is 0 Å². The normalized spacial score (nSPS) is 19.1. The fraction of sp³-hybridized carbons (Fsp3) is 0.579. The smallest absolute Gasteiger partial charge is 0.251 e. The van der Waals surface area contributed by atoms with E-state index in [1.807, 2.05) is 23.1 Å². The monoisotopic (exact) mass is 346 g/mol. The number of hydrogen-bond donors (Lipinski definition) is 3. The summed E-state index contributed by atoms with van der Waals surface area (Å²) in [6.07, 6.45) is 2.75. The Morgan fingerprint density at radius 2 is 1.52 bits per heavy atom. The Bertz CT molecular complexity index is 564. The van der Waals surface area contributed by atoms with Crippen LogP contribution in [0, 0.1) is 0 Å². The molecule has 0 aromatic heterocycles. The molecule has 0 aliphatic carbocycles. The quantitative estimate of drug-likeness (QED) is 0.549. The van der Waals surface area contributed by atoms with Crippen molar-refractivity contribution in [2.45, 2.75) is 12.8 Å². The van der Waals surface area contributed by atoms with Gasteiger partial charge in [0.05, 0.1) is 45.8 Å². The molecular formula is C19H30N4O2+2. The molecule has 0 saturated carbocycles. The third-order valence-electron chi connectivity index (χ3n) is 5.40. The van der Waals surface area contributed by atoms with Gasteiger partial charge in [-0.25, -0.2) is 0 Å². The van der Waals surface area contributed by atoms with Crippen molar-refractivity contribution >= 4 is 11.8 Å². The number of benzene rings is 1. The lowest BCUT2D eigenvalue weighted by Crippen LogP contribution is -3.21. The second kappa shape index (κ2) is 8.97. The van der Waals surface area contributed by atoms with Gasteiger partial charge in [-0.05, 0) is 12.1 Å². The van der Waals surface area contributed by atoms with E-state index in [1.54, 1.807) is 21.9 Å². The van der Waals surface area contributed by atoms with E-state index in [9.17, 15) is 9.59 Å². The van der Waals surface area contributed by atoms with Crippen LogP contribution in [0.15, 0.2) is 30.3 Å². The molecule has 25 heavy (non-hydrogen) atoms. The summed E-state index contributed by atoms with van der Waals surface area (Å²) in [7, 11) is 0. The van der Waals surface area contributed by atoms with E-state index in [0.29, 0.717) is 5.56 Å². The maximum Gasteiger partial charge on any atom is 0.251 e. The topological polar surface area (TPSA) is 58.3 Å².